The van der Waals surface area contributed by atoms with Gasteiger partial charge in [0.25, 0.3) is 5.91 Å². The number of ether oxygens (including phenoxy) is 2. The van der Waals surface area contributed by atoms with Gasteiger partial charge in [-0.05, 0) is 56.2 Å². The molecule has 2 aromatic carbocycles. The number of esters is 1. The van der Waals surface area contributed by atoms with Gasteiger partial charge in [-0.3, -0.25) is 4.79 Å². The topological polar surface area (TPSA) is 77.8 Å². The van der Waals surface area contributed by atoms with Crippen molar-refractivity contribution >= 4 is 22.8 Å². The second-order valence-corrected chi connectivity index (χ2v) is 6.45. The number of nitrogens with one attached hydrogen (secondary N) is 1. The van der Waals surface area contributed by atoms with Crippen molar-refractivity contribution in [1.82, 2.24) is 5.32 Å². The summed E-state index contributed by atoms with van der Waals surface area (Å²) >= 11 is 0. The zero-order valence-electron chi connectivity index (χ0n) is 16.3. The quantitative estimate of drug-likeness (QED) is 0.583. The number of benzene rings is 2. The largest absolute Gasteiger partial charge is 0.494 e. The summed E-state index contributed by atoms with van der Waals surface area (Å²) in [6.07, 6.45) is 0.546. The van der Waals surface area contributed by atoms with Crippen molar-refractivity contribution in [3.63, 3.8) is 0 Å². The summed E-state index contributed by atoms with van der Waals surface area (Å²) in [6, 6.07) is 11.3. The van der Waals surface area contributed by atoms with Gasteiger partial charge in [0.1, 0.15) is 17.1 Å². The van der Waals surface area contributed by atoms with E-state index in [2.05, 4.69) is 5.32 Å². The van der Waals surface area contributed by atoms with Crippen molar-refractivity contribution in [3.05, 3.63) is 65.2 Å². The molecule has 29 heavy (non-hydrogen) atoms. The number of fused-ring (bicyclic) bond motifs is 1. The third-order valence-corrected chi connectivity index (χ3v) is 4.39. The van der Waals surface area contributed by atoms with E-state index in [-0.39, 0.29) is 11.6 Å². The number of hydrogen-bond acceptors (Lipinski definition) is 5. The lowest BCUT2D eigenvalue weighted by molar-refractivity contribution is -0.124. The van der Waals surface area contributed by atoms with Crippen LogP contribution in [-0.2, 0) is 16.0 Å². The Bertz CT molecular complexity index is 1010. The van der Waals surface area contributed by atoms with Crippen LogP contribution in [-0.4, -0.2) is 31.6 Å². The molecule has 0 unspecified atom stereocenters. The van der Waals surface area contributed by atoms with E-state index in [0.717, 1.165) is 10.9 Å². The molecule has 1 amide bonds. The van der Waals surface area contributed by atoms with Crippen LogP contribution in [0.2, 0.25) is 0 Å². The van der Waals surface area contributed by atoms with Gasteiger partial charge in [0.05, 0.1) is 6.61 Å². The Kier molecular flexibility index (Phi) is 6.49. The number of carbonyl (C=O) groups is 2. The molecular formula is C22H22FNO5. The van der Waals surface area contributed by atoms with Crippen LogP contribution >= 0.6 is 0 Å². The molecule has 0 saturated carbocycles. The van der Waals surface area contributed by atoms with E-state index in [1.165, 1.54) is 12.1 Å². The smallest absolute Gasteiger partial charge is 0.375 e. The highest BCUT2D eigenvalue weighted by molar-refractivity contribution is 5.97. The van der Waals surface area contributed by atoms with Crippen molar-refractivity contribution in [2.24, 2.45) is 0 Å². The van der Waals surface area contributed by atoms with Gasteiger partial charge < -0.3 is 19.2 Å². The minimum absolute atomic E-state index is 0.0627. The van der Waals surface area contributed by atoms with E-state index < -0.39 is 18.5 Å². The Morgan fingerprint density at radius 3 is 2.62 bits per heavy atom. The second kappa shape index (κ2) is 9.23. The first-order valence-electron chi connectivity index (χ1n) is 9.32. The minimum Gasteiger partial charge on any atom is -0.494 e. The van der Waals surface area contributed by atoms with Crippen molar-refractivity contribution in [3.8, 4) is 5.75 Å². The maximum Gasteiger partial charge on any atom is 0.375 e. The predicted octanol–water partition coefficient (Wildman–Crippen LogP) is 3.79. The Morgan fingerprint density at radius 1 is 1.14 bits per heavy atom. The molecule has 0 bridgehead atoms. The molecule has 0 fully saturated rings. The zero-order valence-corrected chi connectivity index (χ0v) is 16.3. The van der Waals surface area contributed by atoms with E-state index in [1.807, 2.05) is 6.92 Å². The number of rotatable bonds is 8. The summed E-state index contributed by atoms with van der Waals surface area (Å²) in [5, 5.41) is 3.41. The Morgan fingerprint density at radius 2 is 1.90 bits per heavy atom. The number of halogens is 1. The van der Waals surface area contributed by atoms with Crippen LogP contribution in [0.5, 0.6) is 5.75 Å². The molecule has 0 saturated heterocycles. The van der Waals surface area contributed by atoms with Crippen molar-refractivity contribution in [1.29, 1.82) is 0 Å². The number of amides is 1. The molecule has 0 spiro atoms. The summed E-state index contributed by atoms with van der Waals surface area (Å²) < 4.78 is 29.0. The van der Waals surface area contributed by atoms with Gasteiger partial charge in [-0.25, -0.2) is 9.18 Å². The average molecular weight is 399 g/mol. The Labute approximate surface area is 167 Å². The Balaban J connectivity index is 1.52. The van der Waals surface area contributed by atoms with Crippen LogP contribution in [0, 0.1) is 12.7 Å². The molecule has 7 heteroatoms. The van der Waals surface area contributed by atoms with Gasteiger partial charge in [-0.15, -0.1) is 0 Å². The van der Waals surface area contributed by atoms with Crippen molar-refractivity contribution < 1.29 is 27.9 Å². The minimum atomic E-state index is -0.703. The average Bonchev–Trinajstić information content (AvgIpc) is 3.04. The molecule has 0 atom stereocenters. The monoisotopic (exact) mass is 399 g/mol. The maximum absolute atomic E-state index is 12.9. The molecule has 1 aromatic heterocycles. The van der Waals surface area contributed by atoms with Crippen LogP contribution in [0.4, 0.5) is 4.39 Å². The summed E-state index contributed by atoms with van der Waals surface area (Å²) in [5.41, 5.74) is 2.07. The summed E-state index contributed by atoms with van der Waals surface area (Å²) in [4.78, 5) is 24.2. The van der Waals surface area contributed by atoms with Crippen molar-refractivity contribution in [2.75, 3.05) is 19.8 Å². The maximum atomic E-state index is 12.9. The fraction of sp³-hybridized carbons (Fsp3) is 0.273. The molecule has 6 nitrogen and oxygen atoms in total. The zero-order chi connectivity index (χ0) is 20.8. The molecule has 1 heterocycles. The first-order valence-corrected chi connectivity index (χ1v) is 9.32. The fourth-order valence-electron chi connectivity index (χ4n) is 2.90. The highest BCUT2D eigenvalue weighted by Crippen LogP contribution is 2.29. The molecule has 0 aliphatic rings. The van der Waals surface area contributed by atoms with E-state index in [4.69, 9.17) is 13.9 Å². The molecule has 3 rings (SSSR count). The summed E-state index contributed by atoms with van der Waals surface area (Å²) in [5.74, 6) is -0.685. The van der Waals surface area contributed by atoms with Gasteiger partial charge in [0.15, 0.2) is 6.61 Å². The SMILES string of the molecule is CCOc1ccc2oc(C(=O)OCC(=O)NCCc3ccc(F)cc3)c(C)c2c1. The van der Waals surface area contributed by atoms with E-state index in [9.17, 15) is 14.0 Å². The van der Waals surface area contributed by atoms with E-state index in [1.54, 1.807) is 37.3 Å². The first-order chi connectivity index (χ1) is 14.0. The molecule has 152 valence electrons. The van der Waals surface area contributed by atoms with Gasteiger partial charge in [0, 0.05) is 17.5 Å². The molecule has 0 aliphatic heterocycles. The van der Waals surface area contributed by atoms with Gasteiger partial charge >= 0.3 is 5.97 Å². The molecule has 0 aliphatic carbocycles. The Hall–Kier alpha value is -3.35. The van der Waals surface area contributed by atoms with Crippen LogP contribution in [0.1, 0.15) is 28.6 Å². The van der Waals surface area contributed by atoms with Crippen molar-refractivity contribution in [2.45, 2.75) is 20.3 Å². The van der Waals surface area contributed by atoms with Gasteiger partial charge in [-0.1, -0.05) is 12.1 Å². The lowest BCUT2D eigenvalue weighted by Gasteiger charge is -2.06. The lowest BCUT2D eigenvalue weighted by atomic mass is 10.1. The molecular weight excluding hydrogens is 377 g/mol. The van der Waals surface area contributed by atoms with E-state index in [0.29, 0.717) is 36.5 Å². The van der Waals surface area contributed by atoms with Crippen LogP contribution in [0.25, 0.3) is 11.0 Å². The molecule has 0 radical (unpaired) electrons. The molecule has 3 aromatic rings. The van der Waals surface area contributed by atoms with Crippen LogP contribution in [0.3, 0.4) is 0 Å². The van der Waals surface area contributed by atoms with Gasteiger partial charge in [-0.2, -0.15) is 0 Å². The standard InChI is InChI=1S/C22H22FNO5/c1-3-27-17-8-9-19-18(12-17)14(2)21(29-19)22(26)28-13-20(25)24-11-10-15-4-6-16(23)7-5-15/h4-9,12H,3,10-11,13H2,1-2H3,(H,24,25). The fourth-order valence-corrected chi connectivity index (χ4v) is 2.90. The lowest BCUT2D eigenvalue weighted by Crippen LogP contribution is -2.30. The number of aryl methyl sites for hydroxylation is 1. The van der Waals surface area contributed by atoms with Gasteiger partial charge in [0.2, 0.25) is 5.76 Å². The summed E-state index contributed by atoms with van der Waals surface area (Å²) in [7, 11) is 0. The normalized spacial score (nSPS) is 10.7. The third-order valence-electron chi connectivity index (χ3n) is 4.39. The highest BCUT2D eigenvalue weighted by atomic mass is 19.1. The van der Waals surface area contributed by atoms with Crippen LogP contribution in [0.15, 0.2) is 46.9 Å². The number of carbonyl (C=O) groups excluding carboxylic acids is 2. The summed E-state index contributed by atoms with van der Waals surface area (Å²) in [6.45, 7) is 4.11. The first kappa shape index (κ1) is 20.4. The van der Waals surface area contributed by atoms with E-state index >= 15 is 0 Å². The number of furan rings is 1. The second-order valence-electron chi connectivity index (χ2n) is 6.45. The number of hydrogen-bond donors (Lipinski definition) is 1. The predicted molar refractivity (Wildman–Crippen MR) is 106 cm³/mol. The third kappa shape index (κ3) is 5.13. The van der Waals surface area contributed by atoms with Crippen LogP contribution < -0.4 is 10.1 Å². The molecule has 1 N–H and O–H groups in total. The highest BCUT2D eigenvalue weighted by Gasteiger charge is 2.20.